The number of hydrogen-bond acceptors (Lipinski definition) is 5. The summed E-state index contributed by atoms with van der Waals surface area (Å²) in [5, 5.41) is 0.353. The minimum Gasteiger partial charge on any atom is -0.493 e. The summed E-state index contributed by atoms with van der Waals surface area (Å²) in [6.07, 6.45) is 1.71. The molecule has 5 nitrogen and oxygen atoms in total. The molecule has 1 fully saturated rings. The Balaban J connectivity index is 1.54. The van der Waals surface area contributed by atoms with Gasteiger partial charge in [0.1, 0.15) is 6.61 Å². The van der Waals surface area contributed by atoms with Gasteiger partial charge in [-0.25, -0.2) is 0 Å². The van der Waals surface area contributed by atoms with Gasteiger partial charge in [-0.3, -0.25) is 14.5 Å². The predicted molar refractivity (Wildman–Crippen MR) is 139 cm³/mol. The van der Waals surface area contributed by atoms with E-state index < -0.39 is 0 Å². The van der Waals surface area contributed by atoms with E-state index >= 15 is 0 Å². The highest BCUT2D eigenvalue weighted by Gasteiger charge is 2.35. The predicted octanol–water partition coefficient (Wildman–Crippen LogP) is 6.77. The second-order valence-corrected chi connectivity index (χ2v) is 9.73. The molecule has 8 heteroatoms. The number of hydrogen-bond donors (Lipinski definition) is 0. The fourth-order valence-electron chi connectivity index (χ4n) is 3.28. The molecule has 1 aliphatic rings. The van der Waals surface area contributed by atoms with Crippen molar-refractivity contribution in [1.82, 2.24) is 4.90 Å². The minimum atomic E-state index is -0.304. The van der Waals surface area contributed by atoms with Crippen molar-refractivity contribution in [2.24, 2.45) is 0 Å². The molecule has 0 N–H and O–H groups in total. The maximum atomic E-state index is 12.9. The molecule has 0 atom stereocenters. The van der Waals surface area contributed by atoms with E-state index in [0.717, 1.165) is 32.0 Å². The molecule has 168 valence electrons. The molecular formula is C25H19ClINO4S. The molecule has 0 saturated carbocycles. The molecule has 1 aliphatic heterocycles. The lowest BCUT2D eigenvalue weighted by Crippen LogP contribution is -2.27. The average molecular weight is 592 g/mol. The first-order valence-corrected chi connectivity index (χ1v) is 12.3. The highest BCUT2D eigenvalue weighted by molar-refractivity contribution is 14.1. The Kier molecular flexibility index (Phi) is 7.62. The first kappa shape index (κ1) is 23.7. The molecule has 0 aliphatic carbocycles. The average Bonchev–Trinajstić information content (AvgIpc) is 3.07. The van der Waals surface area contributed by atoms with Gasteiger partial charge in [0, 0.05) is 10.6 Å². The van der Waals surface area contributed by atoms with Gasteiger partial charge in [0.15, 0.2) is 11.5 Å². The number of imide groups is 1. The van der Waals surface area contributed by atoms with E-state index in [1.54, 1.807) is 19.3 Å². The quantitative estimate of drug-likeness (QED) is 0.224. The van der Waals surface area contributed by atoms with E-state index in [2.05, 4.69) is 22.6 Å². The number of halogens is 2. The summed E-state index contributed by atoms with van der Waals surface area (Å²) in [7, 11) is 1.56. The van der Waals surface area contributed by atoms with Gasteiger partial charge >= 0.3 is 0 Å². The van der Waals surface area contributed by atoms with E-state index in [-0.39, 0.29) is 17.7 Å². The van der Waals surface area contributed by atoms with Crippen LogP contribution in [-0.4, -0.2) is 23.2 Å². The molecule has 1 heterocycles. The van der Waals surface area contributed by atoms with Crippen LogP contribution in [-0.2, 0) is 17.9 Å². The summed E-state index contributed by atoms with van der Waals surface area (Å²) in [6, 6.07) is 20.6. The van der Waals surface area contributed by atoms with Crippen molar-refractivity contribution in [2.75, 3.05) is 7.11 Å². The van der Waals surface area contributed by atoms with E-state index in [4.69, 9.17) is 21.1 Å². The minimum absolute atomic E-state index is 0.249. The second-order valence-electron chi connectivity index (χ2n) is 7.17. The number of ether oxygens (including phenoxy) is 2. The number of benzene rings is 3. The Bertz CT molecular complexity index is 1230. The standard InChI is InChI=1S/C25H19ClINO4S/c1-31-21-12-17(11-20(27)23(21)32-15-18-9-5-6-10-19(18)26)13-22-24(29)28(25(30)33-22)14-16-7-3-2-4-8-16/h2-13H,14-15H2,1H3/b22-13+. The van der Waals surface area contributed by atoms with Crippen LogP contribution in [0.1, 0.15) is 16.7 Å². The van der Waals surface area contributed by atoms with Gasteiger partial charge in [0.25, 0.3) is 11.1 Å². The first-order valence-electron chi connectivity index (χ1n) is 9.99. The van der Waals surface area contributed by atoms with E-state index in [9.17, 15) is 9.59 Å². The van der Waals surface area contributed by atoms with Crippen molar-refractivity contribution in [1.29, 1.82) is 0 Å². The third-order valence-electron chi connectivity index (χ3n) is 4.94. The number of carbonyl (C=O) groups is 2. The monoisotopic (exact) mass is 591 g/mol. The maximum Gasteiger partial charge on any atom is 0.293 e. The van der Waals surface area contributed by atoms with Gasteiger partial charge in [-0.15, -0.1) is 0 Å². The molecule has 0 bridgehead atoms. The smallest absolute Gasteiger partial charge is 0.293 e. The molecule has 33 heavy (non-hydrogen) atoms. The zero-order valence-corrected chi connectivity index (χ0v) is 21.3. The fraction of sp³-hybridized carbons (Fsp3) is 0.120. The maximum absolute atomic E-state index is 12.9. The van der Waals surface area contributed by atoms with Crippen molar-refractivity contribution >= 4 is 63.2 Å². The molecule has 3 aromatic carbocycles. The molecule has 0 radical (unpaired) electrons. The summed E-state index contributed by atoms with van der Waals surface area (Å²) in [5.74, 6) is 0.818. The number of methoxy groups -OCH3 is 1. The van der Waals surface area contributed by atoms with Crippen molar-refractivity contribution in [3.05, 3.63) is 96.9 Å². The normalized spacial score (nSPS) is 14.8. The summed E-state index contributed by atoms with van der Waals surface area (Å²) in [4.78, 5) is 27.0. The van der Waals surface area contributed by atoms with E-state index in [0.29, 0.717) is 28.0 Å². The van der Waals surface area contributed by atoms with Gasteiger partial charge in [-0.1, -0.05) is 60.1 Å². The molecule has 4 rings (SSSR count). The van der Waals surface area contributed by atoms with Crippen LogP contribution in [0.3, 0.4) is 0 Å². The lowest BCUT2D eigenvalue weighted by Gasteiger charge is -2.14. The number of amides is 2. The SMILES string of the molecule is COc1cc(/C=C2/SC(=O)N(Cc3ccccc3)C2=O)cc(I)c1OCc1ccccc1Cl. The highest BCUT2D eigenvalue weighted by Crippen LogP contribution is 2.38. The molecule has 3 aromatic rings. The lowest BCUT2D eigenvalue weighted by molar-refractivity contribution is -0.123. The Morgan fingerprint density at radius 2 is 1.79 bits per heavy atom. The van der Waals surface area contributed by atoms with Crippen molar-refractivity contribution in [2.45, 2.75) is 13.2 Å². The second kappa shape index (κ2) is 10.6. The Morgan fingerprint density at radius 1 is 1.06 bits per heavy atom. The van der Waals surface area contributed by atoms with Crippen LogP contribution in [0.15, 0.2) is 71.6 Å². The van der Waals surface area contributed by atoms with Gasteiger partial charge in [-0.2, -0.15) is 0 Å². The molecule has 0 unspecified atom stereocenters. The third kappa shape index (κ3) is 5.54. The van der Waals surface area contributed by atoms with Gasteiger partial charge in [0.2, 0.25) is 0 Å². The lowest BCUT2D eigenvalue weighted by atomic mass is 10.1. The number of carbonyl (C=O) groups excluding carboxylic acids is 2. The van der Waals surface area contributed by atoms with E-state index in [1.807, 2.05) is 60.7 Å². The van der Waals surface area contributed by atoms with E-state index in [1.165, 1.54) is 4.90 Å². The van der Waals surface area contributed by atoms with Crippen LogP contribution in [0.25, 0.3) is 6.08 Å². The van der Waals surface area contributed by atoms with Crippen LogP contribution in [0.4, 0.5) is 4.79 Å². The van der Waals surface area contributed by atoms with Gasteiger partial charge in [0.05, 0.1) is 22.1 Å². The largest absolute Gasteiger partial charge is 0.493 e. The Morgan fingerprint density at radius 3 is 2.52 bits per heavy atom. The van der Waals surface area contributed by atoms with Crippen molar-refractivity contribution in [3.8, 4) is 11.5 Å². The third-order valence-corrected chi connectivity index (χ3v) is 7.01. The highest BCUT2D eigenvalue weighted by atomic mass is 127. The van der Waals surface area contributed by atoms with Crippen molar-refractivity contribution < 1.29 is 19.1 Å². The number of rotatable bonds is 7. The zero-order chi connectivity index (χ0) is 23.4. The fourth-order valence-corrected chi connectivity index (χ4v) is 5.09. The molecule has 2 amide bonds. The van der Waals surface area contributed by atoms with Gasteiger partial charge < -0.3 is 9.47 Å². The zero-order valence-electron chi connectivity index (χ0n) is 17.6. The first-order chi connectivity index (χ1) is 16.0. The Labute approximate surface area is 214 Å². The number of nitrogens with zero attached hydrogens (tertiary/aromatic N) is 1. The molecule has 0 spiro atoms. The van der Waals surface area contributed by atoms with Crippen LogP contribution >= 0.6 is 46.0 Å². The summed E-state index contributed by atoms with van der Waals surface area (Å²) in [5.41, 5.74) is 2.51. The summed E-state index contributed by atoms with van der Waals surface area (Å²) >= 11 is 9.33. The van der Waals surface area contributed by atoms with Crippen molar-refractivity contribution in [3.63, 3.8) is 0 Å². The van der Waals surface area contributed by atoms with Crippen LogP contribution in [0, 0.1) is 3.57 Å². The topological polar surface area (TPSA) is 55.8 Å². The van der Waals surface area contributed by atoms with Crippen LogP contribution in [0.2, 0.25) is 5.02 Å². The van der Waals surface area contributed by atoms with Crippen LogP contribution in [0.5, 0.6) is 11.5 Å². The van der Waals surface area contributed by atoms with Crippen LogP contribution < -0.4 is 9.47 Å². The summed E-state index contributed by atoms with van der Waals surface area (Å²) in [6.45, 7) is 0.544. The Hall–Kier alpha value is -2.49. The molecular weight excluding hydrogens is 573 g/mol. The molecule has 1 saturated heterocycles. The number of thioether (sulfide) groups is 1. The molecule has 0 aromatic heterocycles. The van der Waals surface area contributed by atoms with Gasteiger partial charge in [-0.05, 0) is 69.8 Å². The summed E-state index contributed by atoms with van der Waals surface area (Å²) < 4.78 is 12.4.